The van der Waals surface area contributed by atoms with Crippen LogP contribution in [0, 0.1) is 0 Å². The molecule has 1 unspecified atom stereocenters. The Morgan fingerprint density at radius 3 is 2.88 bits per heavy atom. The molecule has 1 heterocycles. The van der Waals surface area contributed by atoms with Crippen LogP contribution >= 0.6 is 0 Å². The molecule has 1 aromatic heterocycles. The second kappa shape index (κ2) is 4.87. The van der Waals surface area contributed by atoms with E-state index in [1.54, 1.807) is 13.3 Å². The highest BCUT2D eigenvalue weighted by Gasteiger charge is 2.07. The SMILES string of the molecule is C=CC(C)Nc1nccc2c(OC)cccc12. The summed E-state index contributed by atoms with van der Waals surface area (Å²) in [6.07, 6.45) is 3.63. The Morgan fingerprint density at radius 1 is 1.35 bits per heavy atom. The average molecular weight is 228 g/mol. The molecule has 0 amide bonds. The first-order valence-electron chi connectivity index (χ1n) is 5.57. The molecule has 0 saturated carbocycles. The summed E-state index contributed by atoms with van der Waals surface area (Å²) in [4.78, 5) is 4.36. The lowest BCUT2D eigenvalue weighted by Gasteiger charge is -2.13. The van der Waals surface area contributed by atoms with Crippen LogP contribution < -0.4 is 10.1 Å². The van der Waals surface area contributed by atoms with Gasteiger partial charge in [0, 0.05) is 23.0 Å². The quantitative estimate of drug-likeness (QED) is 0.816. The van der Waals surface area contributed by atoms with Gasteiger partial charge >= 0.3 is 0 Å². The molecular weight excluding hydrogens is 212 g/mol. The van der Waals surface area contributed by atoms with Gasteiger partial charge in [-0.2, -0.15) is 0 Å². The fraction of sp³-hybridized carbons (Fsp3) is 0.214. The van der Waals surface area contributed by atoms with Gasteiger partial charge in [-0.3, -0.25) is 0 Å². The van der Waals surface area contributed by atoms with E-state index < -0.39 is 0 Å². The number of nitrogens with one attached hydrogen (secondary N) is 1. The van der Waals surface area contributed by atoms with Gasteiger partial charge in [0.15, 0.2) is 0 Å². The Labute approximate surface area is 101 Å². The first kappa shape index (κ1) is 11.5. The Bertz CT molecular complexity index is 537. The smallest absolute Gasteiger partial charge is 0.134 e. The summed E-state index contributed by atoms with van der Waals surface area (Å²) in [7, 11) is 1.68. The maximum Gasteiger partial charge on any atom is 0.134 e. The molecule has 17 heavy (non-hydrogen) atoms. The predicted octanol–water partition coefficient (Wildman–Crippen LogP) is 3.23. The van der Waals surface area contributed by atoms with E-state index in [1.807, 2.05) is 37.3 Å². The molecule has 3 nitrogen and oxygen atoms in total. The Hall–Kier alpha value is -2.03. The maximum absolute atomic E-state index is 5.34. The van der Waals surface area contributed by atoms with Crippen molar-refractivity contribution in [2.45, 2.75) is 13.0 Å². The molecule has 2 aromatic rings. The summed E-state index contributed by atoms with van der Waals surface area (Å²) in [6, 6.07) is 8.08. The Kier molecular flexibility index (Phi) is 3.28. The van der Waals surface area contributed by atoms with Gasteiger partial charge in [-0.15, -0.1) is 6.58 Å². The zero-order valence-electron chi connectivity index (χ0n) is 10.1. The van der Waals surface area contributed by atoms with Crippen molar-refractivity contribution >= 4 is 16.6 Å². The van der Waals surface area contributed by atoms with Gasteiger partial charge in [-0.05, 0) is 19.1 Å². The summed E-state index contributed by atoms with van der Waals surface area (Å²) in [5.74, 6) is 1.72. The van der Waals surface area contributed by atoms with E-state index in [4.69, 9.17) is 4.74 Å². The van der Waals surface area contributed by atoms with Crippen molar-refractivity contribution < 1.29 is 4.74 Å². The number of pyridine rings is 1. The van der Waals surface area contributed by atoms with Crippen molar-refractivity contribution in [3.05, 3.63) is 43.1 Å². The lowest BCUT2D eigenvalue weighted by Crippen LogP contribution is -2.12. The molecule has 0 radical (unpaired) electrons. The van der Waals surface area contributed by atoms with Gasteiger partial charge in [0.1, 0.15) is 11.6 Å². The van der Waals surface area contributed by atoms with Crippen LogP contribution in [0.3, 0.4) is 0 Å². The minimum absolute atomic E-state index is 0.180. The summed E-state index contributed by atoms with van der Waals surface area (Å²) < 4.78 is 5.34. The van der Waals surface area contributed by atoms with Crippen LogP contribution in [0.4, 0.5) is 5.82 Å². The summed E-state index contributed by atoms with van der Waals surface area (Å²) in [5.41, 5.74) is 0. The van der Waals surface area contributed by atoms with Crippen molar-refractivity contribution in [2.75, 3.05) is 12.4 Å². The summed E-state index contributed by atoms with van der Waals surface area (Å²) in [6.45, 7) is 5.79. The van der Waals surface area contributed by atoms with Crippen LogP contribution in [0.5, 0.6) is 5.75 Å². The molecule has 88 valence electrons. The molecule has 2 rings (SSSR count). The van der Waals surface area contributed by atoms with E-state index in [0.717, 1.165) is 22.3 Å². The van der Waals surface area contributed by atoms with Crippen molar-refractivity contribution in [2.24, 2.45) is 0 Å². The molecule has 0 aliphatic carbocycles. The lowest BCUT2D eigenvalue weighted by atomic mass is 10.1. The van der Waals surface area contributed by atoms with Gasteiger partial charge in [0.05, 0.1) is 7.11 Å². The third kappa shape index (κ3) is 2.23. The van der Waals surface area contributed by atoms with Crippen LogP contribution in [0.15, 0.2) is 43.1 Å². The zero-order valence-corrected chi connectivity index (χ0v) is 10.1. The summed E-state index contributed by atoms with van der Waals surface area (Å²) >= 11 is 0. The molecular formula is C14H16N2O. The molecule has 1 N–H and O–H groups in total. The largest absolute Gasteiger partial charge is 0.496 e. The standard InChI is InChI=1S/C14H16N2O/c1-4-10(2)16-14-12-6-5-7-13(17-3)11(12)8-9-15-14/h4-10H,1H2,2-3H3,(H,15,16). The van der Waals surface area contributed by atoms with Gasteiger partial charge in [-0.25, -0.2) is 4.98 Å². The normalized spacial score (nSPS) is 12.1. The van der Waals surface area contributed by atoms with Crippen LogP contribution in [-0.4, -0.2) is 18.1 Å². The third-order valence-corrected chi connectivity index (χ3v) is 2.70. The van der Waals surface area contributed by atoms with E-state index in [-0.39, 0.29) is 6.04 Å². The molecule has 0 aliphatic heterocycles. The van der Waals surface area contributed by atoms with Gasteiger partial charge in [-0.1, -0.05) is 18.2 Å². The second-order valence-corrected chi connectivity index (χ2v) is 3.88. The topological polar surface area (TPSA) is 34.2 Å². The minimum Gasteiger partial charge on any atom is -0.496 e. The molecule has 0 spiro atoms. The number of anilines is 1. The third-order valence-electron chi connectivity index (χ3n) is 2.70. The van der Waals surface area contributed by atoms with Gasteiger partial charge in [0.25, 0.3) is 0 Å². The number of nitrogens with zero attached hydrogens (tertiary/aromatic N) is 1. The Morgan fingerprint density at radius 2 is 2.18 bits per heavy atom. The first-order chi connectivity index (χ1) is 8.26. The van der Waals surface area contributed by atoms with Crippen molar-refractivity contribution in [3.8, 4) is 5.75 Å². The molecule has 0 fully saturated rings. The van der Waals surface area contributed by atoms with Gasteiger partial charge < -0.3 is 10.1 Å². The lowest BCUT2D eigenvalue weighted by molar-refractivity contribution is 0.420. The van der Waals surface area contributed by atoms with Crippen molar-refractivity contribution in [1.82, 2.24) is 4.98 Å². The van der Waals surface area contributed by atoms with Crippen LogP contribution in [0.1, 0.15) is 6.92 Å². The van der Waals surface area contributed by atoms with E-state index in [1.165, 1.54) is 0 Å². The predicted molar refractivity (Wildman–Crippen MR) is 71.6 cm³/mol. The molecule has 0 saturated heterocycles. The number of benzene rings is 1. The maximum atomic E-state index is 5.34. The molecule has 1 atom stereocenters. The number of rotatable bonds is 4. The zero-order chi connectivity index (χ0) is 12.3. The number of hydrogen-bond donors (Lipinski definition) is 1. The van der Waals surface area contributed by atoms with E-state index in [2.05, 4.69) is 16.9 Å². The van der Waals surface area contributed by atoms with E-state index in [0.29, 0.717) is 0 Å². The van der Waals surface area contributed by atoms with Crippen LogP contribution in [0.25, 0.3) is 10.8 Å². The Balaban J connectivity index is 2.53. The molecule has 0 aliphatic rings. The van der Waals surface area contributed by atoms with Crippen molar-refractivity contribution in [3.63, 3.8) is 0 Å². The van der Waals surface area contributed by atoms with Crippen molar-refractivity contribution in [1.29, 1.82) is 0 Å². The number of aromatic nitrogens is 1. The molecule has 0 bridgehead atoms. The fourth-order valence-corrected chi connectivity index (χ4v) is 1.75. The number of methoxy groups -OCH3 is 1. The molecule has 1 aromatic carbocycles. The highest BCUT2D eigenvalue weighted by Crippen LogP contribution is 2.29. The highest BCUT2D eigenvalue weighted by molar-refractivity contribution is 5.95. The van der Waals surface area contributed by atoms with Crippen LogP contribution in [0.2, 0.25) is 0 Å². The van der Waals surface area contributed by atoms with E-state index >= 15 is 0 Å². The van der Waals surface area contributed by atoms with E-state index in [9.17, 15) is 0 Å². The average Bonchev–Trinajstić information content (AvgIpc) is 2.38. The molecule has 3 heteroatoms. The monoisotopic (exact) mass is 228 g/mol. The van der Waals surface area contributed by atoms with Crippen LogP contribution in [-0.2, 0) is 0 Å². The second-order valence-electron chi connectivity index (χ2n) is 3.88. The minimum atomic E-state index is 0.180. The number of fused-ring (bicyclic) bond motifs is 1. The summed E-state index contributed by atoms with van der Waals surface area (Å²) in [5, 5.41) is 5.42. The number of ether oxygens (including phenoxy) is 1. The highest BCUT2D eigenvalue weighted by atomic mass is 16.5. The number of hydrogen-bond acceptors (Lipinski definition) is 3. The first-order valence-corrected chi connectivity index (χ1v) is 5.57. The van der Waals surface area contributed by atoms with Gasteiger partial charge in [0.2, 0.25) is 0 Å². The fourth-order valence-electron chi connectivity index (χ4n) is 1.75.